The molecular formula is C14H28O2S2. The van der Waals surface area contributed by atoms with Crippen molar-refractivity contribution in [1.29, 1.82) is 0 Å². The molecule has 0 rings (SSSR count). The van der Waals surface area contributed by atoms with Crippen molar-refractivity contribution in [3.05, 3.63) is 0 Å². The van der Waals surface area contributed by atoms with Crippen molar-refractivity contribution in [1.82, 2.24) is 0 Å². The quantitative estimate of drug-likeness (QED) is 0.394. The van der Waals surface area contributed by atoms with Crippen molar-refractivity contribution >= 4 is 29.5 Å². The van der Waals surface area contributed by atoms with Gasteiger partial charge in [0.15, 0.2) is 0 Å². The molecule has 0 spiro atoms. The first-order chi connectivity index (χ1) is 8.74. The molecule has 18 heavy (non-hydrogen) atoms. The summed E-state index contributed by atoms with van der Waals surface area (Å²) < 4.78 is 5.04. The van der Waals surface area contributed by atoms with Gasteiger partial charge in [-0.25, -0.2) is 0 Å². The van der Waals surface area contributed by atoms with Gasteiger partial charge in [0.05, 0.1) is 13.0 Å². The SMILES string of the molecule is CCCCSCC(CC(=O)OCC)SCCCC. The molecule has 0 aliphatic rings. The summed E-state index contributed by atoms with van der Waals surface area (Å²) in [6.45, 7) is 6.78. The fraction of sp³-hybridized carbons (Fsp3) is 0.929. The molecule has 0 aliphatic carbocycles. The summed E-state index contributed by atoms with van der Waals surface area (Å²) >= 11 is 3.91. The van der Waals surface area contributed by atoms with Crippen molar-refractivity contribution in [3.63, 3.8) is 0 Å². The van der Waals surface area contributed by atoms with E-state index < -0.39 is 0 Å². The van der Waals surface area contributed by atoms with Crippen LogP contribution in [0, 0.1) is 0 Å². The Balaban J connectivity index is 3.87. The lowest BCUT2D eigenvalue weighted by Crippen LogP contribution is -2.16. The molecule has 0 aromatic heterocycles. The molecule has 0 amide bonds. The summed E-state index contributed by atoms with van der Waals surface area (Å²) in [6.07, 6.45) is 5.56. The van der Waals surface area contributed by atoms with Gasteiger partial charge in [-0.1, -0.05) is 26.7 Å². The topological polar surface area (TPSA) is 26.3 Å². The number of carbonyl (C=O) groups is 1. The van der Waals surface area contributed by atoms with Crippen molar-refractivity contribution < 1.29 is 9.53 Å². The normalized spacial score (nSPS) is 12.4. The minimum Gasteiger partial charge on any atom is -0.466 e. The lowest BCUT2D eigenvalue weighted by Gasteiger charge is -2.15. The summed E-state index contributed by atoms with van der Waals surface area (Å²) in [5.41, 5.74) is 0. The first-order valence-electron chi connectivity index (χ1n) is 7.09. The van der Waals surface area contributed by atoms with E-state index in [2.05, 4.69) is 13.8 Å². The van der Waals surface area contributed by atoms with Crippen LogP contribution in [-0.2, 0) is 9.53 Å². The van der Waals surface area contributed by atoms with Gasteiger partial charge in [0.2, 0.25) is 0 Å². The van der Waals surface area contributed by atoms with Crippen molar-refractivity contribution in [2.24, 2.45) is 0 Å². The molecule has 4 heteroatoms. The zero-order valence-electron chi connectivity index (χ0n) is 12.1. The Labute approximate surface area is 121 Å². The van der Waals surface area contributed by atoms with Crippen LogP contribution in [0.2, 0.25) is 0 Å². The summed E-state index contributed by atoms with van der Waals surface area (Å²) in [7, 11) is 0. The molecule has 0 saturated heterocycles. The molecule has 0 radical (unpaired) electrons. The minimum absolute atomic E-state index is 0.0393. The van der Waals surface area contributed by atoms with Gasteiger partial charge in [-0.3, -0.25) is 4.79 Å². The summed E-state index contributed by atoms with van der Waals surface area (Å²) in [5, 5.41) is 0.428. The standard InChI is InChI=1S/C14H28O2S2/c1-4-7-9-17-12-13(18-10-8-5-2)11-14(15)16-6-3/h13H,4-12H2,1-3H3. The Kier molecular flexibility index (Phi) is 13.7. The second kappa shape index (κ2) is 13.6. The maximum Gasteiger partial charge on any atom is 0.306 e. The van der Waals surface area contributed by atoms with Crippen LogP contribution in [0.25, 0.3) is 0 Å². The molecule has 108 valence electrons. The number of ether oxygens (including phenoxy) is 1. The summed E-state index contributed by atoms with van der Waals surface area (Å²) in [4.78, 5) is 11.5. The molecule has 0 bridgehead atoms. The first kappa shape index (κ1) is 18.2. The zero-order valence-corrected chi connectivity index (χ0v) is 13.7. The average Bonchev–Trinajstić information content (AvgIpc) is 2.35. The molecule has 0 heterocycles. The zero-order chi connectivity index (χ0) is 13.6. The van der Waals surface area contributed by atoms with Gasteiger partial charge >= 0.3 is 5.97 Å². The maximum atomic E-state index is 11.5. The summed E-state index contributed by atoms with van der Waals surface area (Å²) in [6, 6.07) is 0. The Bertz CT molecular complexity index is 198. The van der Waals surface area contributed by atoms with Gasteiger partial charge in [-0.05, 0) is 31.3 Å². The third-order valence-corrected chi connectivity index (χ3v) is 5.25. The fourth-order valence-corrected chi connectivity index (χ4v) is 4.18. The van der Waals surface area contributed by atoms with Crippen molar-refractivity contribution in [2.45, 2.75) is 58.1 Å². The highest BCUT2D eigenvalue weighted by atomic mass is 32.2. The van der Waals surface area contributed by atoms with E-state index in [1.54, 1.807) is 0 Å². The largest absolute Gasteiger partial charge is 0.466 e. The van der Waals surface area contributed by atoms with E-state index >= 15 is 0 Å². The number of carbonyl (C=O) groups excluding carboxylic acids is 1. The van der Waals surface area contributed by atoms with Gasteiger partial charge in [-0.15, -0.1) is 0 Å². The second-order valence-electron chi connectivity index (χ2n) is 4.28. The highest BCUT2D eigenvalue weighted by Crippen LogP contribution is 2.22. The Morgan fingerprint density at radius 2 is 1.78 bits per heavy atom. The smallest absolute Gasteiger partial charge is 0.306 e. The van der Waals surface area contributed by atoms with Crippen LogP contribution in [0.4, 0.5) is 0 Å². The van der Waals surface area contributed by atoms with Crippen LogP contribution >= 0.6 is 23.5 Å². The monoisotopic (exact) mass is 292 g/mol. The van der Waals surface area contributed by atoms with E-state index in [4.69, 9.17) is 4.74 Å². The van der Waals surface area contributed by atoms with E-state index in [0.29, 0.717) is 18.3 Å². The van der Waals surface area contributed by atoms with E-state index in [-0.39, 0.29) is 5.97 Å². The van der Waals surface area contributed by atoms with Crippen LogP contribution in [-0.4, -0.2) is 35.1 Å². The van der Waals surface area contributed by atoms with E-state index in [9.17, 15) is 4.79 Å². The highest BCUT2D eigenvalue weighted by Gasteiger charge is 2.15. The molecule has 0 aromatic rings. The van der Waals surface area contributed by atoms with Crippen LogP contribution in [0.3, 0.4) is 0 Å². The van der Waals surface area contributed by atoms with Crippen molar-refractivity contribution in [2.75, 3.05) is 23.9 Å². The third-order valence-electron chi connectivity index (χ3n) is 2.50. The molecule has 0 saturated carbocycles. The lowest BCUT2D eigenvalue weighted by molar-refractivity contribution is -0.142. The van der Waals surface area contributed by atoms with Crippen LogP contribution in [0.5, 0.6) is 0 Å². The molecular weight excluding hydrogens is 264 g/mol. The number of rotatable bonds is 12. The minimum atomic E-state index is -0.0393. The predicted octanol–water partition coefficient (Wildman–Crippen LogP) is 4.37. The second-order valence-corrected chi connectivity index (χ2v) is 6.84. The van der Waals surface area contributed by atoms with Gasteiger partial charge < -0.3 is 4.74 Å². The maximum absolute atomic E-state index is 11.5. The number of thioether (sulfide) groups is 2. The van der Waals surface area contributed by atoms with Gasteiger partial charge in [0.1, 0.15) is 0 Å². The number of esters is 1. The van der Waals surface area contributed by atoms with Gasteiger partial charge in [0, 0.05) is 11.0 Å². The first-order valence-corrected chi connectivity index (χ1v) is 9.29. The third kappa shape index (κ3) is 11.3. The highest BCUT2D eigenvalue weighted by molar-refractivity contribution is 8.03. The molecule has 1 unspecified atom stereocenters. The van der Waals surface area contributed by atoms with Crippen LogP contribution in [0.15, 0.2) is 0 Å². The van der Waals surface area contributed by atoms with Crippen LogP contribution in [0.1, 0.15) is 52.9 Å². The van der Waals surface area contributed by atoms with E-state index in [0.717, 1.165) is 11.5 Å². The van der Waals surface area contributed by atoms with Crippen molar-refractivity contribution in [3.8, 4) is 0 Å². The Morgan fingerprint density at radius 1 is 1.11 bits per heavy atom. The summed E-state index contributed by atoms with van der Waals surface area (Å²) in [5.74, 6) is 3.41. The molecule has 0 aliphatic heterocycles. The molecule has 2 nitrogen and oxygen atoms in total. The number of hydrogen-bond donors (Lipinski definition) is 0. The predicted molar refractivity (Wildman–Crippen MR) is 84.6 cm³/mol. The Morgan fingerprint density at radius 3 is 2.39 bits per heavy atom. The molecule has 0 N–H and O–H groups in total. The molecule has 1 atom stereocenters. The fourth-order valence-electron chi connectivity index (χ4n) is 1.43. The van der Waals surface area contributed by atoms with Crippen LogP contribution < -0.4 is 0 Å². The number of unbranched alkanes of at least 4 members (excludes halogenated alkanes) is 2. The Hall–Kier alpha value is 0.170. The van der Waals surface area contributed by atoms with E-state index in [1.807, 2.05) is 30.4 Å². The number of hydrogen-bond acceptors (Lipinski definition) is 4. The van der Waals surface area contributed by atoms with Gasteiger partial charge in [0.25, 0.3) is 0 Å². The lowest BCUT2D eigenvalue weighted by atomic mass is 10.3. The molecule has 0 aromatic carbocycles. The van der Waals surface area contributed by atoms with E-state index in [1.165, 1.54) is 31.4 Å². The average molecular weight is 293 g/mol. The molecule has 0 fully saturated rings. The van der Waals surface area contributed by atoms with Gasteiger partial charge in [-0.2, -0.15) is 23.5 Å².